The topological polar surface area (TPSA) is 71.4 Å². The van der Waals surface area contributed by atoms with E-state index in [0.717, 1.165) is 0 Å². The van der Waals surface area contributed by atoms with Crippen LogP contribution in [0.4, 0.5) is 0 Å². The predicted octanol–water partition coefficient (Wildman–Crippen LogP) is 1.66. The molecule has 0 atom stereocenters. The van der Waals surface area contributed by atoms with E-state index in [0.29, 0.717) is 5.56 Å². The Morgan fingerprint density at radius 3 is 2.71 bits per heavy atom. The summed E-state index contributed by atoms with van der Waals surface area (Å²) < 4.78 is 23.7. The number of sulfone groups is 1. The molecule has 0 amide bonds. The van der Waals surface area contributed by atoms with Gasteiger partial charge in [0.2, 0.25) is 0 Å². The van der Waals surface area contributed by atoms with Gasteiger partial charge in [-0.25, -0.2) is 8.42 Å². The average Bonchev–Trinajstić information content (AvgIpc) is 2.26. The van der Waals surface area contributed by atoms with Gasteiger partial charge in [-0.3, -0.25) is 4.79 Å². The largest absolute Gasteiger partial charge is 0.481 e. The van der Waals surface area contributed by atoms with Crippen molar-refractivity contribution in [2.45, 2.75) is 18.2 Å². The molecule has 4 nitrogen and oxygen atoms in total. The smallest absolute Gasteiger partial charge is 0.307 e. The van der Waals surface area contributed by atoms with Crippen molar-refractivity contribution in [3.63, 3.8) is 0 Å². The number of hydrogen-bond donors (Lipinski definition) is 1. The number of carboxylic acids is 1. The molecule has 1 rings (SSSR count). The van der Waals surface area contributed by atoms with Crippen molar-refractivity contribution >= 4 is 15.8 Å². The molecule has 1 aromatic carbocycles. The molecule has 17 heavy (non-hydrogen) atoms. The van der Waals surface area contributed by atoms with Gasteiger partial charge in [-0.05, 0) is 24.6 Å². The fourth-order valence-corrected chi connectivity index (χ4v) is 2.60. The quantitative estimate of drug-likeness (QED) is 0.811. The Balaban J connectivity index is 3.02. The van der Waals surface area contributed by atoms with E-state index in [2.05, 4.69) is 0 Å². The highest BCUT2D eigenvalue weighted by Gasteiger charge is 2.13. The van der Waals surface area contributed by atoms with Gasteiger partial charge in [0.1, 0.15) is 0 Å². The second kappa shape index (κ2) is 5.63. The van der Waals surface area contributed by atoms with E-state index in [4.69, 9.17) is 5.11 Å². The van der Waals surface area contributed by atoms with Crippen LogP contribution in [0.2, 0.25) is 0 Å². The van der Waals surface area contributed by atoms with Crippen molar-refractivity contribution in [3.8, 4) is 0 Å². The SMILES string of the molecule is C/C=C/CS(=O)(=O)c1cccc(CC(=O)O)c1. The standard InChI is InChI=1S/C12H14O4S/c1-2-3-7-17(15,16)11-6-4-5-10(8-11)9-12(13)14/h2-6,8H,7,9H2,1H3,(H,13,14)/b3-2+. The van der Waals surface area contributed by atoms with Gasteiger partial charge < -0.3 is 5.11 Å². The monoisotopic (exact) mass is 254 g/mol. The minimum atomic E-state index is -3.36. The predicted molar refractivity (Wildman–Crippen MR) is 64.6 cm³/mol. The van der Waals surface area contributed by atoms with Crippen LogP contribution in [0.5, 0.6) is 0 Å². The zero-order valence-electron chi connectivity index (χ0n) is 9.46. The lowest BCUT2D eigenvalue weighted by molar-refractivity contribution is -0.136. The van der Waals surface area contributed by atoms with Gasteiger partial charge in [-0.1, -0.05) is 24.3 Å². The summed E-state index contributed by atoms with van der Waals surface area (Å²) in [6.45, 7) is 1.75. The molecular formula is C12H14O4S. The van der Waals surface area contributed by atoms with E-state index in [9.17, 15) is 13.2 Å². The molecule has 0 radical (unpaired) electrons. The normalized spacial score (nSPS) is 11.8. The molecule has 0 aromatic heterocycles. The first-order valence-corrected chi connectivity index (χ1v) is 6.75. The summed E-state index contributed by atoms with van der Waals surface area (Å²) in [7, 11) is -3.36. The van der Waals surface area contributed by atoms with Crippen LogP contribution in [-0.2, 0) is 21.1 Å². The molecule has 0 unspecified atom stereocenters. The van der Waals surface area contributed by atoms with E-state index in [-0.39, 0.29) is 17.1 Å². The molecule has 1 aromatic rings. The van der Waals surface area contributed by atoms with E-state index >= 15 is 0 Å². The van der Waals surface area contributed by atoms with E-state index in [1.54, 1.807) is 31.2 Å². The average molecular weight is 254 g/mol. The van der Waals surface area contributed by atoms with Crippen LogP contribution >= 0.6 is 0 Å². The molecular weight excluding hydrogens is 240 g/mol. The summed E-state index contributed by atoms with van der Waals surface area (Å²) in [6, 6.07) is 6.04. The Labute approximate surface area is 101 Å². The van der Waals surface area contributed by atoms with E-state index < -0.39 is 15.8 Å². The Hall–Kier alpha value is -1.62. The molecule has 0 heterocycles. The van der Waals surface area contributed by atoms with Crippen molar-refractivity contribution in [2.24, 2.45) is 0 Å². The fourth-order valence-electron chi connectivity index (χ4n) is 1.34. The summed E-state index contributed by atoms with van der Waals surface area (Å²) in [5.41, 5.74) is 0.485. The van der Waals surface area contributed by atoms with Gasteiger partial charge in [0.25, 0.3) is 0 Å². The number of hydrogen-bond acceptors (Lipinski definition) is 3. The summed E-state index contributed by atoms with van der Waals surface area (Å²) in [4.78, 5) is 10.7. The van der Waals surface area contributed by atoms with Crippen molar-refractivity contribution in [3.05, 3.63) is 42.0 Å². The van der Waals surface area contributed by atoms with Gasteiger partial charge in [-0.2, -0.15) is 0 Å². The molecule has 0 saturated carbocycles. The Morgan fingerprint density at radius 2 is 2.12 bits per heavy atom. The Morgan fingerprint density at radius 1 is 1.41 bits per heavy atom. The number of rotatable bonds is 5. The van der Waals surface area contributed by atoms with Crippen molar-refractivity contribution in [1.29, 1.82) is 0 Å². The van der Waals surface area contributed by atoms with E-state index in [1.165, 1.54) is 12.1 Å². The lowest BCUT2D eigenvalue weighted by Crippen LogP contribution is -2.06. The van der Waals surface area contributed by atoms with Crippen LogP contribution in [0.3, 0.4) is 0 Å². The number of aliphatic carboxylic acids is 1. The Kier molecular flexibility index (Phi) is 4.45. The highest BCUT2D eigenvalue weighted by Crippen LogP contribution is 2.14. The summed E-state index contributed by atoms with van der Waals surface area (Å²) in [5, 5.41) is 8.64. The third-order valence-electron chi connectivity index (χ3n) is 2.16. The third-order valence-corrected chi connectivity index (χ3v) is 3.77. The molecule has 5 heteroatoms. The summed E-state index contributed by atoms with van der Waals surface area (Å²) in [6.07, 6.45) is 3.05. The van der Waals surface area contributed by atoms with Gasteiger partial charge in [-0.15, -0.1) is 0 Å². The first kappa shape index (κ1) is 13.4. The van der Waals surface area contributed by atoms with Crippen LogP contribution in [0.15, 0.2) is 41.3 Å². The molecule has 92 valence electrons. The van der Waals surface area contributed by atoms with Crippen LogP contribution in [0, 0.1) is 0 Å². The minimum Gasteiger partial charge on any atom is -0.481 e. The first-order valence-electron chi connectivity index (χ1n) is 5.10. The molecule has 1 N–H and O–H groups in total. The maximum atomic E-state index is 11.8. The molecule has 0 fully saturated rings. The van der Waals surface area contributed by atoms with Gasteiger partial charge >= 0.3 is 5.97 Å². The van der Waals surface area contributed by atoms with Crippen molar-refractivity contribution < 1.29 is 18.3 Å². The summed E-state index contributed by atoms with van der Waals surface area (Å²) >= 11 is 0. The highest BCUT2D eigenvalue weighted by molar-refractivity contribution is 7.91. The fraction of sp³-hybridized carbons (Fsp3) is 0.250. The number of carbonyl (C=O) groups is 1. The zero-order chi connectivity index (χ0) is 12.9. The van der Waals surface area contributed by atoms with Crippen LogP contribution in [-0.4, -0.2) is 25.2 Å². The maximum Gasteiger partial charge on any atom is 0.307 e. The zero-order valence-corrected chi connectivity index (χ0v) is 10.3. The molecule has 0 aliphatic carbocycles. The molecule has 0 saturated heterocycles. The maximum absolute atomic E-state index is 11.8. The third kappa shape index (κ3) is 4.03. The number of benzene rings is 1. The molecule has 0 bridgehead atoms. The van der Waals surface area contributed by atoms with E-state index in [1.807, 2.05) is 0 Å². The lowest BCUT2D eigenvalue weighted by Gasteiger charge is -2.03. The molecule has 0 aliphatic heterocycles. The van der Waals surface area contributed by atoms with Gasteiger partial charge in [0, 0.05) is 0 Å². The van der Waals surface area contributed by atoms with Crippen molar-refractivity contribution in [2.75, 3.05) is 5.75 Å². The van der Waals surface area contributed by atoms with Crippen LogP contribution in [0.25, 0.3) is 0 Å². The number of allylic oxidation sites excluding steroid dienone is 1. The van der Waals surface area contributed by atoms with Gasteiger partial charge in [0.15, 0.2) is 9.84 Å². The molecule has 0 spiro atoms. The second-order valence-electron chi connectivity index (χ2n) is 3.57. The first-order chi connectivity index (χ1) is 7.95. The lowest BCUT2D eigenvalue weighted by atomic mass is 10.2. The number of carboxylic acid groups (broad SMARTS) is 1. The molecule has 0 aliphatic rings. The summed E-state index contributed by atoms with van der Waals surface area (Å²) in [5.74, 6) is -1.05. The van der Waals surface area contributed by atoms with Crippen molar-refractivity contribution in [1.82, 2.24) is 0 Å². The van der Waals surface area contributed by atoms with Gasteiger partial charge in [0.05, 0.1) is 17.1 Å². The second-order valence-corrected chi connectivity index (χ2v) is 5.60. The minimum absolute atomic E-state index is 0.0694. The van der Waals surface area contributed by atoms with Crippen LogP contribution in [0.1, 0.15) is 12.5 Å². The highest BCUT2D eigenvalue weighted by atomic mass is 32.2. The Bertz CT molecular complexity index is 529. The van der Waals surface area contributed by atoms with Crippen LogP contribution < -0.4 is 0 Å².